The number of nitrogens with two attached hydrogens (primary N) is 1. The number of rotatable bonds is 4. The number of benzene rings is 1. The molecule has 0 radical (unpaired) electrons. The van der Waals surface area contributed by atoms with Crippen LogP contribution in [0.25, 0.3) is 0 Å². The summed E-state index contributed by atoms with van der Waals surface area (Å²) in [5.74, 6) is 1.32. The number of nitrogens with one attached hydrogen (secondary N) is 1. The molecule has 1 rings (SSSR count). The van der Waals surface area contributed by atoms with Crippen LogP contribution in [0.15, 0.2) is 29.3 Å². The van der Waals surface area contributed by atoms with Crippen LogP contribution in [0, 0.1) is 0 Å². The van der Waals surface area contributed by atoms with Gasteiger partial charge in [-0.3, -0.25) is 0 Å². The minimum absolute atomic E-state index is 0.221. The van der Waals surface area contributed by atoms with Crippen molar-refractivity contribution in [3.63, 3.8) is 0 Å². The Bertz CT molecular complexity index is 433. The molecule has 0 saturated carbocycles. The molecule has 0 spiro atoms. The molecule has 0 fully saturated rings. The van der Waals surface area contributed by atoms with Gasteiger partial charge in [-0.2, -0.15) is 0 Å². The summed E-state index contributed by atoms with van der Waals surface area (Å²) < 4.78 is 5.92. The van der Waals surface area contributed by atoms with Gasteiger partial charge in [0, 0.05) is 11.6 Å². The number of hydrogen-bond acceptors (Lipinski definition) is 2. The highest BCUT2D eigenvalue weighted by molar-refractivity contribution is 5.78. The van der Waals surface area contributed by atoms with Crippen molar-refractivity contribution in [2.45, 2.75) is 52.8 Å². The number of nitrogens with zero attached hydrogens (tertiary/aromatic N) is 1. The van der Waals surface area contributed by atoms with Gasteiger partial charge in [-0.15, -0.1) is 0 Å². The molecule has 4 nitrogen and oxygen atoms in total. The molecule has 0 aliphatic rings. The highest BCUT2D eigenvalue weighted by Crippen LogP contribution is 2.23. The molecule has 0 aliphatic carbocycles. The molecule has 0 aliphatic heterocycles. The Morgan fingerprint density at radius 1 is 1.32 bits per heavy atom. The van der Waals surface area contributed by atoms with Gasteiger partial charge in [0.25, 0.3) is 0 Å². The summed E-state index contributed by atoms with van der Waals surface area (Å²) in [6.45, 7) is 10.7. The van der Waals surface area contributed by atoms with Gasteiger partial charge in [0.1, 0.15) is 11.4 Å². The Morgan fingerprint density at radius 3 is 2.53 bits per heavy atom. The van der Waals surface area contributed by atoms with Gasteiger partial charge >= 0.3 is 0 Å². The molecule has 0 atom stereocenters. The van der Waals surface area contributed by atoms with E-state index in [1.54, 1.807) is 0 Å². The first-order valence-electron chi connectivity index (χ1n) is 6.61. The van der Waals surface area contributed by atoms with Crippen molar-refractivity contribution in [1.29, 1.82) is 0 Å². The van der Waals surface area contributed by atoms with Crippen molar-refractivity contribution in [3.05, 3.63) is 29.8 Å². The molecule has 0 aromatic heterocycles. The molecular formula is C15H25N3O. The summed E-state index contributed by atoms with van der Waals surface area (Å²) in [5.41, 5.74) is 6.61. The number of para-hydroxylation sites is 1. The molecule has 1 aromatic rings. The fourth-order valence-electron chi connectivity index (χ4n) is 1.58. The van der Waals surface area contributed by atoms with Gasteiger partial charge in [0.15, 0.2) is 5.96 Å². The fraction of sp³-hybridized carbons (Fsp3) is 0.533. The van der Waals surface area contributed by atoms with Crippen LogP contribution in [-0.4, -0.2) is 17.6 Å². The van der Waals surface area contributed by atoms with Gasteiger partial charge in [-0.1, -0.05) is 18.2 Å². The molecule has 1 aromatic carbocycles. The highest BCUT2D eigenvalue weighted by atomic mass is 16.5. The maximum atomic E-state index is 5.92. The van der Waals surface area contributed by atoms with Crippen LogP contribution >= 0.6 is 0 Å². The summed E-state index contributed by atoms with van der Waals surface area (Å²) in [7, 11) is 0. The van der Waals surface area contributed by atoms with Gasteiger partial charge in [-0.05, 0) is 40.7 Å². The minimum atomic E-state index is -0.221. The zero-order valence-corrected chi connectivity index (χ0v) is 12.5. The van der Waals surface area contributed by atoms with E-state index in [0.29, 0.717) is 12.5 Å². The quantitative estimate of drug-likeness (QED) is 0.648. The lowest BCUT2D eigenvalue weighted by Crippen LogP contribution is -2.36. The Morgan fingerprint density at radius 2 is 1.95 bits per heavy atom. The standard InChI is InChI=1S/C15H25N3O/c1-11(2)18-14(16)17-10-12-8-6-7-9-13(12)19-15(3,4)5/h6-9,11H,10H2,1-5H3,(H3,16,17,18). The second-order valence-electron chi connectivity index (χ2n) is 5.82. The fourth-order valence-corrected chi connectivity index (χ4v) is 1.58. The third-order valence-corrected chi connectivity index (χ3v) is 2.25. The Kier molecular flexibility index (Phi) is 5.21. The van der Waals surface area contributed by atoms with E-state index in [1.807, 2.05) is 58.9 Å². The SMILES string of the molecule is CC(C)NC(N)=NCc1ccccc1OC(C)(C)C. The van der Waals surface area contributed by atoms with Crippen LogP contribution in [0.3, 0.4) is 0 Å². The topological polar surface area (TPSA) is 59.6 Å². The van der Waals surface area contributed by atoms with Gasteiger partial charge in [0.2, 0.25) is 0 Å². The number of ether oxygens (including phenoxy) is 1. The zero-order valence-electron chi connectivity index (χ0n) is 12.5. The number of hydrogen-bond donors (Lipinski definition) is 2. The predicted molar refractivity (Wildman–Crippen MR) is 80.4 cm³/mol. The monoisotopic (exact) mass is 263 g/mol. The van der Waals surface area contributed by atoms with Crippen molar-refractivity contribution in [3.8, 4) is 5.75 Å². The molecule has 0 saturated heterocycles. The van der Waals surface area contributed by atoms with Gasteiger partial charge in [0.05, 0.1) is 6.54 Å². The lowest BCUT2D eigenvalue weighted by molar-refractivity contribution is 0.129. The summed E-state index contributed by atoms with van der Waals surface area (Å²) in [5, 5.41) is 3.07. The van der Waals surface area contributed by atoms with Crippen LogP contribution < -0.4 is 15.8 Å². The molecule has 3 N–H and O–H groups in total. The Balaban J connectivity index is 2.78. The van der Waals surface area contributed by atoms with E-state index in [2.05, 4.69) is 10.3 Å². The zero-order chi connectivity index (χ0) is 14.5. The summed E-state index contributed by atoms with van der Waals surface area (Å²) in [6.07, 6.45) is 0. The van der Waals surface area contributed by atoms with Crippen molar-refractivity contribution in [2.75, 3.05) is 0 Å². The Hall–Kier alpha value is -1.71. The van der Waals surface area contributed by atoms with Crippen LogP contribution in [0.4, 0.5) is 0 Å². The van der Waals surface area contributed by atoms with Crippen LogP contribution in [0.1, 0.15) is 40.2 Å². The van der Waals surface area contributed by atoms with E-state index in [1.165, 1.54) is 0 Å². The normalized spacial score (nSPS) is 12.6. The number of aliphatic imine (C=N–C) groups is 1. The minimum Gasteiger partial charge on any atom is -0.488 e. The molecule has 0 heterocycles. The Labute approximate surface area is 116 Å². The molecule has 0 bridgehead atoms. The maximum Gasteiger partial charge on any atom is 0.189 e. The second-order valence-corrected chi connectivity index (χ2v) is 5.82. The summed E-state index contributed by atoms with van der Waals surface area (Å²) in [4.78, 5) is 4.33. The predicted octanol–water partition coefficient (Wildman–Crippen LogP) is 2.68. The van der Waals surface area contributed by atoms with E-state index in [0.717, 1.165) is 11.3 Å². The third kappa shape index (κ3) is 6.13. The van der Waals surface area contributed by atoms with E-state index < -0.39 is 0 Å². The molecule has 0 amide bonds. The van der Waals surface area contributed by atoms with Crippen LogP contribution in [0.2, 0.25) is 0 Å². The van der Waals surface area contributed by atoms with Crippen molar-refractivity contribution in [1.82, 2.24) is 5.32 Å². The highest BCUT2D eigenvalue weighted by Gasteiger charge is 2.14. The molecule has 106 valence electrons. The van der Waals surface area contributed by atoms with E-state index in [9.17, 15) is 0 Å². The number of guanidine groups is 1. The van der Waals surface area contributed by atoms with Crippen LogP contribution in [-0.2, 0) is 6.54 Å². The second kappa shape index (κ2) is 6.45. The van der Waals surface area contributed by atoms with Gasteiger partial charge < -0.3 is 15.8 Å². The smallest absolute Gasteiger partial charge is 0.189 e. The van der Waals surface area contributed by atoms with E-state index in [4.69, 9.17) is 10.5 Å². The summed E-state index contributed by atoms with van der Waals surface area (Å²) in [6, 6.07) is 8.19. The first-order valence-corrected chi connectivity index (χ1v) is 6.61. The lowest BCUT2D eigenvalue weighted by atomic mass is 10.1. The van der Waals surface area contributed by atoms with Gasteiger partial charge in [-0.25, -0.2) is 4.99 Å². The van der Waals surface area contributed by atoms with Crippen LogP contribution in [0.5, 0.6) is 5.75 Å². The van der Waals surface area contributed by atoms with E-state index in [-0.39, 0.29) is 11.6 Å². The summed E-state index contributed by atoms with van der Waals surface area (Å²) >= 11 is 0. The average Bonchev–Trinajstić information content (AvgIpc) is 2.25. The third-order valence-electron chi connectivity index (χ3n) is 2.25. The van der Waals surface area contributed by atoms with E-state index >= 15 is 0 Å². The largest absolute Gasteiger partial charge is 0.488 e. The first-order chi connectivity index (χ1) is 8.78. The lowest BCUT2D eigenvalue weighted by Gasteiger charge is -2.23. The maximum absolute atomic E-state index is 5.92. The van der Waals surface area contributed by atoms with Crippen molar-refractivity contribution in [2.24, 2.45) is 10.7 Å². The van der Waals surface area contributed by atoms with Crippen molar-refractivity contribution >= 4 is 5.96 Å². The molecule has 4 heteroatoms. The molecule has 0 unspecified atom stereocenters. The first kappa shape index (κ1) is 15.3. The van der Waals surface area contributed by atoms with Crippen molar-refractivity contribution < 1.29 is 4.74 Å². The average molecular weight is 263 g/mol. The molecular weight excluding hydrogens is 238 g/mol. The molecule has 19 heavy (non-hydrogen) atoms.